The normalized spacial score (nSPS) is 14.0. The number of aliphatic hydroxyl groups is 1. The van der Waals surface area contributed by atoms with E-state index in [1.54, 1.807) is 41.5 Å². The van der Waals surface area contributed by atoms with E-state index in [0.717, 1.165) is 0 Å². The zero-order valence-corrected chi connectivity index (χ0v) is 17.3. The van der Waals surface area contributed by atoms with Crippen LogP contribution in [0.1, 0.15) is 55.4 Å². The zero-order chi connectivity index (χ0) is 19.5. The molecule has 0 saturated carbocycles. The summed E-state index contributed by atoms with van der Waals surface area (Å²) in [6.45, 7) is 13.7. The average molecular weight is 429 g/mol. The summed E-state index contributed by atoms with van der Waals surface area (Å²) in [4.78, 5) is 0. The van der Waals surface area contributed by atoms with Gasteiger partial charge in [-0.05, 0) is 41.5 Å². The molecule has 0 aromatic heterocycles. The largest absolute Gasteiger partial charge is 0.429 e. The molecule has 0 spiro atoms. The van der Waals surface area contributed by atoms with Crippen LogP contribution in [0, 0.1) is 6.42 Å². The molecule has 24 heavy (non-hydrogen) atoms. The number of rotatable bonds is 2. The van der Waals surface area contributed by atoms with Gasteiger partial charge in [0, 0.05) is 24.4 Å². The molecule has 9 heteroatoms. The second-order valence-corrected chi connectivity index (χ2v) is 11.9. The van der Waals surface area contributed by atoms with Gasteiger partial charge in [0.2, 0.25) is 0 Å². The van der Waals surface area contributed by atoms with Crippen molar-refractivity contribution >= 4 is 7.92 Å². The van der Waals surface area contributed by atoms with Crippen molar-refractivity contribution in [3.8, 4) is 0 Å². The van der Waals surface area contributed by atoms with Crippen molar-refractivity contribution in [1.82, 2.24) is 0 Å². The van der Waals surface area contributed by atoms with Gasteiger partial charge in [0.15, 0.2) is 0 Å². The molecule has 0 aromatic carbocycles. The van der Waals surface area contributed by atoms with Crippen LogP contribution in [0.2, 0.25) is 0 Å². The van der Waals surface area contributed by atoms with Crippen LogP contribution in [0.25, 0.3) is 0 Å². The molecule has 0 saturated heterocycles. The van der Waals surface area contributed by atoms with Crippen molar-refractivity contribution in [3.05, 3.63) is 6.42 Å². The van der Waals surface area contributed by atoms with Crippen LogP contribution in [0.5, 0.6) is 0 Å². The van der Waals surface area contributed by atoms with Gasteiger partial charge in [-0.1, -0.05) is 0 Å². The van der Waals surface area contributed by atoms with Crippen LogP contribution in [0.15, 0.2) is 0 Å². The van der Waals surface area contributed by atoms with E-state index in [0.29, 0.717) is 0 Å². The average Bonchev–Trinajstić information content (AvgIpc) is 2.19. The van der Waals surface area contributed by atoms with E-state index in [-0.39, 0.29) is 16.5 Å². The van der Waals surface area contributed by atoms with E-state index in [9.17, 15) is 31.4 Å². The van der Waals surface area contributed by atoms with Crippen LogP contribution in [-0.2, 0) is 16.5 Å². The van der Waals surface area contributed by atoms with Gasteiger partial charge < -0.3 is 11.5 Å². The Kier molecular flexibility index (Phi) is 11.5. The number of hydrogen-bond acceptors (Lipinski definition) is 1. The van der Waals surface area contributed by atoms with Gasteiger partial charge in [0.25, 0.3) is 5.60 Å². The van der Waals surface area contributed by atoms with Crippen LogP contribution >= 0.6 is 7.92 Å². The summed E-state index contributed by atoms with van der Waals surface area (Å²) in [7, 11) is -2.19. The molecular weight excluding hydrogens is 400 g/mol. The van der Waals surface area contributed by atoms with Gasteiger partial charge in [-0.25, -0.2) is 0 Å². The molecule has 0 aromatic rings. The molecule has 0 unspecified atom stereocenters. The first-order valence-corrected chi connectivity index (χ1v) is 8.93. The fourth-order valence-corrected chi connectivity index (χ4v) is 6.50. The van der Waals surface area contributed by atoms with Gasteiger partial charge in [0.1, 0.15) is 6.16 Å². The Hall–Kier alpha value is 0.464. The molecule has 152 valence electrons. The Labute approximate surface area is 152 Å². The van der Waals surface area contributed by atoms with E-state index < -0.39 is 42.3 Å². The molecule has 0 atom stereocenters. The first-order valence-electron chi connectivity index (χ1n) is 7.22. The van der Waals surface area contributed by atoms with Crippen LogP contribution < -0.4 is 0 Å². The summed E-state index contributed by atoms with van der Waals surface area (Å²) in [5.74, 6) is 0. The Morgan fingerprint density at radius 1 is 0.750 bits per heavy atom. The van der Waals surface area contributed by atoms with E-state index in [1.165, 1.54) is 0 Å². The molecule has 1 N–H and O–H groups in total. The van der Waals surface area contributed by atoms with Gasteiger partial charge >= 0.3 is 12.4 Å². The first-order chi connectivity index (χ1) is 9.75. The fourth-order valence-electron chi connectivity index (χ4n) is 2.27. The summed E-state index contributed by atoms with van der Waals surface area (Å²) in [6, 6.07) is 0. The number of halogens is 6. The standard InChI is InChI=1S/C12H21F6OP.C3H7.Ni/c1-8(2,3)20(9(4,5)6)7-10(19,11(13,14)15)12(16,17)18;1-3-2;/h19H,7H2,1-6H3;3H,1-2H3;/q;-1;/p+1. The maximum absolute atomic E-state index is 12.8. The smallest absolute Gasteiger partial charge is 0.371 e. The molecule has 0 aliphatic carbocycles. The summed E-state index contributed by atoms with van der Waals surface area (Å²) in [5.41, 5.74) is -4.64. The van der Waals surface area contributed by atoms with Crippen molar-refractivity contribution in [2.75, 3.05) is 6.16 Å². The number of hydrogen-bond donors (Lipinski definition) is 1. The van der Waals surface area contributed by atoms with Gasteiger partial charge in [-0.15, -0.1) is 0 Å². The summed E-state index contributed by atoms with van der Waals surface area (Å²) >= 11 is 0. The Morgan fingerprint density at radius 2 is 0.958 bits per heavy atom. The van der Waals surface area contributed by atoms with Crippen molar-refractivity contribution in [2.24, 2.45) is 0 Å². The maximum Gasteiger partial charge on any atom is 0.429 e. The molecule has 0 aliphatic heterocycles. The van der Waals surface area contributed by atoms with Gasteiger partial charge in [-0.3, -0.25) is 0 Å². The molecular formula is C15H29F6NiOP. The minimum absolute atomic E-state index is 0. The molecule has 0 bridgehead atoms. The number of alkyl halides is 6. The molecule has 0 rings (SSSR count). The topological polar surface area (TPSA) is 20.2 Å². The molecule has 0 radical (unpaired) electrons. The Bertz CT molecular complexity index is 327. The van der Waals surface area contributed by atoms with E-state index >= 15 is 0 Å². The SMILES string of the molecule is CC(C)(C)[PH+](CC(O)(C(F)(F)F)C(F)(F)F)C(C)(C)C.C[CH-]C.[Ni]. The van der Waals surface area contributed by atoms with Crippen molar-refractivity contribution in [1.29, 1.82) is 0 Å². The van der Waals surface area contributed by atoms with Crippen LogP contribution in [-0.4, -0.2) is 39.5 Å². The van der Waals surface area contributed by atoms with Crippen LogP contribution in [0.4, 0.5) is 26.3 Å². The molecule has 0 heterocycles. The summed E-state index contributed by atoms with van der Waals surface area (Å²) in [6.07, 6.45) is -10.8. The molecule has 1 nitrogen and oxygen atoms in total. The second-order valence-electron chi connectivity index (χ2n) is 7.59. The van der Waals surface area contributed by atoms with Crippen molar-refractivity contribution in [3.63, 3.8) is 0 Å². The predicted octanol–water partition coefficient (Wildman–Crippen LogP) is 5.88. The monoisotopic (exact) mass is 428 g/mol. The van der Waals surface area contributed by atoms with E-state index in [1.807, 2.05) is 20.3 Å². The summed E-state index contributed by atoms with van der Waals surface area (Å²) < 4.78 is 76.7. The fraction of sp³-hybridized carbons (Fsp3) is 0.933. The van der Waals surface area contributed by atoms with Crippen molar-refractivity contribution in [2.45, 2.75) is 83.7 Å². The molecule has 0 fully saturated rings. The van der Waals surface area contributed by atoms with Crippen LogP contribution in [0.3, 0.4) is 0 Å². The third-order valence-electron chi connectivity index (χ3n) is 3.18. The Balaban J connectivity index is -0.00000102. The maximum atomic E-state index is 12.8. The molecule has 0 amide bonds. The summed E-state index contributed by atoms with van der Waals surface area (Å²) in [5, 5.41) is 7.93. The first kappa shape index (κ1) is 29.2. The minimum Gasteiger partial charge on any atom is -0.371 e. The third-order valence-corrected chi connectivity index (χ3v) is 7.67. The quantitative estimate of drug-likeness (QED) is 0.252. The molecule has 0 aliphatic rings. The van der Waals surface area contributed by atoms with E-state index in [2.05, 4.69) is 0 Å². The van der Waals surface area contributed by atoms with E-state index in [4.69, 9.17) is 0 Å². The van der Waals surface area contributed by atoms with Gasteiger partial charge in [0.05, 0.1) is 10.3 Å². The second kappa shape index (κ2) is 9.41. The zero-order valence-electron chi connectivity index (χ0n) is 15.3. The minimum atomic E-state index is -5.74. The van der Waals surface area contributed by atoms with Gasteiger partial charge in [-0.2, -0.15) is 40.2 Å². The third kappa shape index (κ3) is 8.23. The van der Waals surface area contributed by atoms with Crippen molar-refractivity contribution < 1.29 is 47.9 Å². The predicted molar refractivity (Wildman–Crippen MR) is 85.4 cm³/mol. The Morgan fingerprint density at radius 3 is 1.08 bits per heavy atom.